The van der Waals surface area contributed by atoms with E-state index in [9.17, 15) is 4.79 Å². The molecule has 0 atom stereocenters. The standard InChI is InChI=1S/C11H16N2O2S.C2H6/c1-12-10-9(11(14)15-3)7-4-5-13(2)6-8(7)16-10;1-2/h12H,4-6H2,1-3H3;1-2H3. The highest BCUT2D eigenvalue weighted by Gasteiger charge is 2.26. The van der Waals surface area contributed by atoms with Gasteiger partial charge >= 0.3 is 5.97 Å². The van der Waals surface area contributed by atoms with E-state index in [4.69, 9.17) is 4.74 Å². The summed E-state index contributed by atoms with van der Waals surface area (Å²) < 4.78 is 4.84. The fourth-order valence-electron chi connectivity index (χ4n) is 2.03. The number of ether oxygens (including phenoxy) is 1. The van der Waals surface area contributed by atoms with Gasteiger partial charge < -0.3 is 15.0 Å². The Labute approximate surface area is 113 Å². The minimum atomic E-state index is -0.230. The van der Waals surface area contributed by atoms with Gasteiger partial charge in [0.25, 0.3) is 0 Å². The average molecular weight is 270 g/mol. The molecule has 0 spiro atoms. The van der Waals surface area contributed by atoms with Crippen LogP contribution in [0.15, 0.2) is 0 Å². The van der Waals surface area contributed by atoms with Gasteiger partial charge in [-0.3, -0.25) is 0 Å². The van der Waals surface area contributed by atoms with Crippen molar-refractivity contribution in [3.8, 4) is 0 Å². The lowest BCUT2D eigenvalue weighted by atomic mass is 10.0. The molecule has 0 aliphatic carbocycles. The minimum absolute atomic E-state index is 0.230. The van der Waals surface area contributed by atoms with Crippen molar-refractivity contribution in [1.29, 1.82) is 0 Å². The molecule has 0 fully saturated rings. The van der Waals surface area contributed by atoms with Crippen LogP contribution < -0.4 is 5.32 Å². The van der Waals surface area contributed by atoms with Gasteiger partial charge in [-0.25, -0.2) is 4.79 Å². The van der Waals surface area contributed by atoms with Gasteiger partial charge in [-0.15, -0.1) is 11.3 Å². The number of nitrogens with zero attached hydrogens (tertiary/aromatic N) is 1. The van der Waals surface area contributed by atoms with Crippen molar-refractivity contribution in [1.82, 2.24) is 4.90 Å². The fourth-order valence-corrected chi connectivity index (χ4v) is 3.29. The molecule has 18 heavy (non-hydrogen) atoms. The summed E-state index contributed by atoms with van der Waals surface area (Å²) in [5.41, 5.74) is 1.90. The normalized spacial score (nSPS) is 14.3. The highest BCUT2D eigenvalue weighted by atomic mass is 32.1. The third kappa shape index (κ3) is 2.84. The molecule has 0 unspecified atom stereocenters. The van der Waals surface area contributed by atoms with Gasteiger partial charge in [0, 0.05) is 25.0 Å². The number of hydrogen-bond donors (Lipinski definition) is 1. The number of rotatable bonds is 2. The summed E-state index contributed by atoms with van der Waals surface area (Å²) >= 11 is 1.66. The molecule has 1 aromatic heterocycles. The van der Waals surface area contributed by atoms with Crippen molar-refractivity contribution in [2.45, 2.75) is 26.8 Å². The summed E-state index contributed by atoms with van der Waals surface area (Å²) in [5, 5.41) is 4.01. The first-order valence-corrected chi connectivity index (χ1v) is 7.08. The lowest BCUT2D eigenvalue weighted by Gasteiger charge is -2.22. The van der Waals surface area contributed by atoms with Gasteiger partial charge in [0.2, 0.25) is 0 Å². The maximum Gasteiger partial charge on any atom is 0.341 e. The number of nitrogens with one attached hydrogen (secondary N) is 1. The first-order valence-electron chi connectivity index (χ1n) is 6.26. The smallest absolute Gasteiger partial charge is 0.341 e. The first-order chi connectivity index (χ1) is 8.67. The second-order valence-electron chi connectivity index (χ2n) is 3.94. The molecule has 2 heterocycles. The number of anilines is 1. The highest BCUT2D eigenvalue weighted by Crippen LogP contribution is 2.36. The molecule has 0 saturated carbocycles. The molecule has 0 aromatic carbocycles. The number of likely N-dealkylation sites (N-methyl/N-ethyl adjacent to an activating group) is 1. The van der Waals surface area contributed by atoms with Crippen LogP contribution in [0.2, 0.25) is 0 Å². The van der Waals surface area contributed by atoms with Gasteiger partial charge in [0.1, 0.15) is 5.00 Å². The zero-order valence-corrected chi connectivity index (χ0v) is 12.6. The quantitative estimate of drug-likeness (QED) is 0.839. The molecule has 5 heteroatoms. The second kappa shape index (κ2) is 6.75. The van der Waals surface area contributed by atoms with E-state index in [0.29, 0.717) is 0 Å². The number of methoxy groups -OCH3 is 1. The van der Waals surface area contributed by atoms with Gasteiger partial charge in [-0.1, -0.05) is 13.8 Å². The van der Waals surface area contributed by atoms with E-state index in [1.165, 1.54) is 17.6 Å². The Bertz CT molecular complexity index is 415. The van der Waals surface area contributed by atoms with Crippen LogP contribution in [-0.4, -0.2) is 38.6 Å². The molecule has 0 radical (unpaired) electrons. The summed E-state index contributed by atoms with van der Waals surface area (Å²) in [6, 6.07) is 0. The van der Waals surface area contributed by atoms with Crippen LogP contribution in [0, 0.1) is 0 Å². The van der Waals surface area contributed by atoms with Crippen molar-refractivity contribution in [2.24, 2.45) is 0 Å². The first kappa shape index (κ1) is 15.0. The zero-order valence-electron chi connectivity index (χ0n) is 11.8. The maximum absolute atomic E-state index is 11.7. The van der Waals surface area contributed by atoms with Crippen LogP contribution in [0.25, 0.3) is 0 Å². The van der Waals surface area contributed by atoms with Crippen LogP contribution in [0.5, 0.6) is 0 Å². The van der Waals surface area contributed by atoms with Gasteiger partial charge in [-0.05, 0) is 19.0 Å². The van der Waals surface area contributed by atoms with E-state index in [2.05, 4.69) is 17.3 Å². The topological polar surface area (TPSA) is 41.6 Å². The van der Waals surface area contributed by atoms with E-state index in [1.54, 1.807) is 11.3 Å². The van der Waals surface area contributed by atoms with Crippen molar-refractivity contribution < 1.29 is 9.53 Å². The SMILES string of the molecule is CC.CNc1sc2c(c1C(=O)OC)CCN(C)C2. The maximum atomic E-state index is 11.7. The van der Waals surface area contributed by atoms with E-state index in [1.807, 2.05) is 20.9 Å². The number of hydrogen-bond acceptors (Lipinski definition) is 5. The van der Waals surface area contributed by atoms with Crippen LogP contribution >= 0.6 is 11.3 Å². The number of fused-ring (bicyclic) bond motifs is 1. The van der Waals surface area contributed by atoms with Crippen molar-refractivity contribution >= 4 is 22.3 Å². The predicted octanol–water partition coefficient (Wildman–Crippen LogP) is 2.59. The molecular weight excluding hydrogens is 248 g/mol. The third-order valence-electron chi connectivity index (χ3n) is 2.86. The summed E-state index contributed by atoms with van der Waals surface area (Å²) in [6.07, 6.45) is 0.925. The molecule has 0 amide bonds. The van der Waals surface area contributed by atoms with Crippen LogP contribution in [0.1, 0.15) is 34.6 Å². The monoisotopic (exact) mass is 270 g/mol. The van der Waals surface area contributed by atoms with E-state index in [0.717, 1.165) is 30.1 Å². The molecule has 1 N–H and O–H groups in total. The number of esters is 1. The highest BCUT2D eigenvalue weighted by molar-refractivity contribution is 7.16. The molecular formula is C13H22N2O2S. The summed E-state index contributed by atoms with van der Waals surface area (Å²) in [5.74, 6) is -0.230. The minimum Gasteiger partial charge on any atom is -0.465 e. The number of carbonyl (C=O) groups is 1. The van der Waals surface area contributed by atoms with Crippen LogP contribution in [0.3, 0.4) is 0 Å². The van der Waals surface area contributed by atoms with E-state index in [-0.39, 0.29) is 5.97 Å². The summed E-state index contributed by atoms with van der Waals surface area (Å²) in [6.45, 7) is 5.92. The Hall–Kier alpha value is -1.07. The Morgan fingerprint density at radius 2 is 2.11 bits per heavy atom. The molecule has 102 valence electrons. The Kier molecular flexibility index (Phi) is 5.62. The third-order valence-corrected chi connectivity index (χ3v) is 4.10. The average Bonchev–Trinajstić information content (AvgIpc) is 2.77. The summed E-state index contributed by atoms with van der Waals surface area (Å²) in [7, 11) is 5.37. The Morgan fingerprint density at radius 3 is 2.67 bits per heavy atom. The second-order valence-corrected chi connectivity index (χ2v) is 5.04. The van der Waals surface area contributed by atoms with E-state index >= 15 is 0 Å². The molecule has 4 nitrogen and oxygen atoms in total. The summed E-state index contributed by atoms with van der Waals surface area (Å²) in [4.78, 5) is 15.3. The van der Waals surface area contributed by atoms with Crippen molar-refractivity contribution in [3.05, 3.63) is 16.0 Å². The fraction of sp³-hybridized carbons (Fsp3) is 0.615. The van der Waals surface area contributed by atoms with Crippen molar-refractivity contribution in [2.75, 3.05) is 33.1 Å². The molecule has 1 aromatic rings. The lowest BCUT2D eigenvalue weighted by Crippen LogP contribution is -2.26. The predicted molar refractivity (Wildman–Crippen MR) is 76.6 cm³/mol. The molecule has 1 aliphatic rings. The van der Waals surface area contributed by atoms with Gasteiger partial charge in [-0.2, -0.15) is 0 Å². The Balaban J connectivity index is 0.000000771. The molecule has 1 aliphatic heterocycles. The Morgan fingerprint density at radius 1 is 1.44 bits per heavy atom. The lowest BCUT2D eigenvalue weighted by molar-refractivity contribution is 0.0600. The largest absolute Gasteiger partial charge is 0.465 e. The number of thiophene rings is 1. The molecule has 0 saturated heterocycles. The van der Waals surface area contributed by atoms with E-state index < -0.39 is 0 Å². The van der Waals surface area contributed by atoms with Crippen LogP contribution in [-0.2, 0) is 17.7 Å². The van der Waals surface area contributed by atoms with Crippen LogP contribution in [0.4, 0.5) is 5.00 Å². The molecule has 0 bridgehead atoms. The van der Waals surface area contributed by atoms with Gasteiger partial charge in [0.05, 0.1) is 12.7 Å². The van der Waals surface area contributed by atoms with Gasteiger partial charge in [0.15, 0.2) is 0 Å². The zero-order chi connectivity index (χ0) is 13.7. The molecule has 2 rings (SSSR count). The number of carbonyl (C=O) groups excluding carboxylic acids is 1. The van der Waals surface area contributed by atoms with Crippen molar-refractivity contribution in [3.63, 3.8) is 0 Å².